The van der Waals surface area contributed by atoms with Crippen LogP contribution in [0.2, 0.25) is 0 Å². The molecule has 0 unspecified atom stereocenters. The van der Waals surface area contributed by atoms with Gasteiger partial charge in [-0.25, -0.2) is 0 Å². The molecule has 0 radical (unpaired) electrons. The van der Waals surface area contributed by atoms with Gasteiger partial charge in [-0.15, -0.1) is 6.42 Å². The van der Waals surface area contributed by atoms with E-state index in [1.807, 2.05) is 15.9 Å². The molecule has 3 rings (SSSR count). The molecule has 0 bridgehead atoms. The van der Waals surface area contributed by atoms with Gasteiger partial charge in [-0.05, 0) is 30.0 Å². The van der Waals surface area contributed by atoms with Crippen LogP contribution in [0.4, 0.5) is 0 Å². The second-order valence-corrected chi connectivity index (χ2v) is 6.67. The van der Waals surface area contributed by atoms with Gasteiger partial charge in [-0.1, -0.05) is 60.0 Å². The first-order chi connectivity index (χ1) is 12.2. The molecule has 0 saturated heterocycles. The average molecular weight is 332 g/mol. The van der Waals surface area contributed by atoms with E-state index in [1.54, 1.807) is 0 Å². The SMILES string of the molecule is C#CCN(CC(=O)N1CCc2ccccc2C1)Cc1ccc(C)cc1. The number of carbonyl (C=O) groups is 1. The minimum Gasteiger partial charge on any atom is -0.337 e. The van der Waals surface area contributed by atoms with E-state index in [0.29, 0.717) is 26.2 Å². The predicted molar refractivity (Wildman–Crippen MR) is 101 cm³/mol. The highest BCUT2D eigenvalue weighted by Gasteiger charge is 2.22. The third-order valence-corrected chi connectivity index (χ3v) is 4.68. The molecule has 25 heavy (non-hydrogen) atoms. The van der Waals surface area contributed by atoms with Gasteiger partial charge < -0.3 is 4.90 Å². The molecule has 128 valence electrons. The molecular weight excluding hydrogens is 308 g/mol. The third kappa shape index (κ3) is 4.49. The number of hydrogen-bond donors (Lipinski definition) is 0. The molecule has 0 N–H and O–H groups in total. The fourth-order valence-electron chi connectivity index (χ4n) is 3.25. The molecule has 0 atom stereocenters. The molecule has 1 heterocycles. The lowest BCUT2D eigenvalue weighted by Gasteiger charge is -2.31. The lowest BCUT2D eigenvalue weighted by Crippen LogP contribution is -2.42. The summed E-state index contributed by atoms with van der Waals surface area (Å²) < 4.78 is 0. The highest BCUT2D eigenvalue weighted by molar-refractivity contribution is 5.78. The first kappa shape index (κ1) is 17.3. The van der Waals surface area contributed by atoms with Gasteiger partial charge in [-0.3, -0.25) is 9.69 Å². The van der Waals surface area contributed by atoms with Crippen LogP contribution >= 0.6 is 0 Å². The van der Waals surface area contributed by atoms with E-state index in [0.717, 1.165) is 13.0 Å². The number of rotatable bonds is 5. The summed E-state index contributed by atoms with van der Waals surface area (Å²) in [6.45, 7) is 5.08. The van der Waals surface area contributed by atoms with Crippen LogP contribution in [0.25, 0.3) is 0 Å². The van der Waals surface area contributed by atoms with Gasteiger partial charge in [-0.2, -0.15) is 0 Å². The van der Waals surface area contributed by atoms with Crippen molar-refractivity contribution < 1.29 is 4.79 Å². The van der Waals surface area contributed by atoms with E-state index < -0.39 is 0 Å². The molecule has 0 aliphatic carbocycles. The van der Waals surface area contributed by atoms with E-state index in [2.05, 4.69) is 55.3 Å². The second-order valence-electron chi connectivity index (χ2n) is 6.67. The average Bonchev–Trinajstić information content (AvgIpc) is 2.63. The van der Waals surface area contributed by atoms with E-state index in [9.17, 15) is 4.79 Å². The normalized spacial score (nSPS) is 13.4. The van der Waals surface area contributed by atoms with Crippen LogP contribution in [0.15, 0.2) is 48.5 Å². The van der Waals surface area contributed by atoms with Crippen LogP contribution in [-0.2, 0) is 24.3 Å². The Labute approximate surface area is 150 Å². The smallest absolute Gasteiger partial charge is 0.237 e. The van der Waals surface area contributed by atoms with Gasteiger partial charge in [0, 0.05) is 19.6 Å². The summed E-state index contributed by atoms with van der Waals surface area (Å²) in [6.07, 6.45) is 6.43. The molecule has 0 fully saturated rings. The molecule has 3 heteroatoms. The molecule has 1 aliphatic heterocycles. The van der Waals surface area contributed by atoms with Crippen LogP contribution in [0.1, 0.15) is 22.3 Å². The molecule has 0 saturated carbocycles. The number of fused-ring (bicyclic) bond motifs is 1. The first-order valence-electron chi connectivity index (χ1n) is 8.71. The molecule has 2 aromatic carbocycles. The van der Waals surface area contributed by atoms with Crippen molar-refractivity contribution in [1.29, 1.82) is 0 Å². The van der Waals surface area contributed by atoms with Crippen molar-refractivity contribution in [3.8, 4) is 12.3 Å². The standard InChI is InChI=1S/C22H24N2O/c1-3-13-23(15-19-10-8-18(2)9-11-19)17-22(25)24-14-12-20-6-4-5-7-21(20)16-24/h1,4-11H,12-17H2,2H3. The van der Waals surface area contributed by atoms with Crippen molar-refractivity contribution in [2.75, 3.05) is 19.6 Å². The number of terminal acetylenes is 1. The zero-order chi connectivity index (χ0) is 17.6. The Morgan fingerprint density at radius 2 is 1.88 bits per heavy atom. The highest BCUT2D eigenvalue weighted by atomic mass is 16.2. The Balaban J connectivity index is 1.63. The Morgan fingerprint density at radius 1 is 1.16 bits per heavy atom. The monoisotopic (exact) mass is 332 g/mol. The van der Waals surface area contributed by atoms with Crippen LogP contribution < -0.4 is 0 Å². The predicted octanol–water partition coefficient (Wildman–Crippen LogP) is 3.02. The lowest BCUT2D eigenvalue weighted by atomic mass is 10.00. The summed E-state index contributed by atoms with van der Waals surface area (Å²) in [4.78, 5) is 16.7. The first-order valence-corrected chi connectivity index (χ1v) is 8.71. The number of benzene rings is 2. The Kier molecular flexibility index (Phi) is 5.53. The highest BCUT2D eigenvalue weighted by Crippen LogP contribution is 2.18. The summed E-state index contributed by atoms with van der Waals surface area (Å²) in [5.41, 5.74) is 5.02. The van der Waals surface area contributed by atoms with E-state index in [1.165, 1.54) is 22.3 Å². The van der Waals surface area contributed by atoms with Crippen molar-refractivity contribution >= 4 is 5.91 Å². The van der Waals surface area contributed by atoms with Gasteiger partial charge in [0.2, 0.25) is 5.91 Å². The maximum atomic E-state index is 12.8. The summed E-state index contributed by atoms with van der Waals surface area (Å²) in [7, 11) is 0. The molecule has 3 nitrogen and oxygen atoms in total. The number of nitrogens with zero attached hydrogens (tertiary/aromatic N) is 2. The fraction of sp³-hybridized carbons (Fsp3) is 0.318. The molecule has 1 amide bonds. The Morgan fingerprint density at radius 3 is 2.60 bits per heavy atom. The maximum absolute atomic E-state index is 12.8. The van der Waals surface area contributed by atoms with Crippen molar-refractivity contribution in [1.82, 2.24) is 9.80 Å². The minimum atomic E-state index is 0.150. The Bertz CT molecular complexity index is 773. The molecule has 0 spiro atoms. The van der Waals surface area contributed by atoms with Gasteiger partial charge in [0.1, 0.15) is 0 Å². The fourth-order valence-corrected chi connectivity index (χ4v) is 3.25. The number of carbonyl (C=O) groups excluding carboxylic acids is 1. The molecule has 2 aromatic rings. The summed E-state index contributed by atoms with van der Waals surface area (Å²) in [5.74, 6) is 2.83. The lowest BCUT2D eigenvalue weighted by molar-refractivity contribution is -0.133. The molecule has 1 aliphatic rings. The number of amides is 1. The van der Waals surface area contributed by atoms with Crippen molar-refractivity contribution in [3.05, 3.63) is 70.8 Å². The second kappa shape index (κ2) is 8.00. The Hall–Kier alpha value is -2.57. The number of hydrogen-bond acceptors (Lipinski definition) is 2. The van der Waals surface area contributed by atoms with Crippen LogP contribution in [0.5, 0.6) is 0 Å². The van der Waals surface area contributed by atoms with Gasteiger partial charge in [0.25, 0.3) is 0 Å². The van der Waals surface area contributed by atoms with E-state index in [-0.39, 0.29) is 5.91 Å². The zero-order valence-electron chi connectivity index (χ0n) is 14.7. The van der Waals surface area contributed by atoms with Crippen molar-refractivity contribution in [2.24, 2.45) is 0 Å². The quantitative estimate of drug-likeness (QED) is 0.786. The molecular formula is C22H24N2O. The zero-order valence-corrected chi connectivity index (χ0v) is 14.7. The van der Waals surface area contributed by atoms with Gasteiger partial charge in [0.15, 0.2) is 0 Å². The van der Waals surface area contributed by atoms with E-state index >= 15 is 0 Å². The summed E-state index contributed by atoms with van der Waals surface area (Å²) in [6, 6.07) is 16.7. The van der Waals surface area contributed by atoms with Crippen LogP contribution in [-0.4, -0.2) is 35.3 Å². The van der Waals surface area contributed by atoms with Gasteiger partial charge >= 0.3 is 0 Å². The van der Waals surface area contributed by atoms with Gasteiger partial charge in [0.05, 0.1) is 13.1 Å². The summed E-state index contributed by atoms with van der Waals surface area (Å²) >= 11 is 0. The van der Waals surface area contributed by atoms with Crippen LogP contribution in [0.3, 0.4) is 0 Å². The van der Waals surface area contributed by atoms with Crippen molar-refractivity contribution in [3.63, 3.8) is 0 Å². The van der Waals surface area contributed by atoms with Crippen molar-refractivity contribution in [2.45, 2.75) is 26.4 Å². The van der Waals surface area contributed by atoms with E-state index in [4.69, 9.17) is 6.42 Å². The van der Waals surface area contributed by atoms with Crippen LogP contribution in [0, 0.1) is 19.3 Å². The topological polar surface area (TPSA) is 23.6 Å². The third-order valence-electron chi connectivity index (χ3n) is 4.68. The molecule has 0 aromatic heterocycles. The minimum absolute atomic E-state index is 0.150. The largest absolute Gasteiger partial charge is 0.337 e. The summed E-state index contributed by atoms with van der Waals surface area (Å²) in [5, 5.41) is 0. The maximum Gasteiger partial charge on any atom is 0.237 e. The number of aryl methyl sites for hydroxylation is 1.